The number of halogens is 4. The van der Waals surface area contributed by atoms with Crippen LogP contribution in [0.1, 0.15) is 28.6 Å². The van der Waals surface area contributed by atoms with E-state index in [1.807, 2.05) is 22.6 Å². The molecule has 5 nitrogen and oxygen atoms in total. The average molecular weight is 580 g/mol. The van der Waals surface area contributed by atoms with Gasteiger partial charge in [-0.05, 0) is 77.0 Å². The van der Waals surface area contributed by atoms with E-state index in [2.05, 4.69) is 0 Å². The molecule has 0 unspecified atom stereocenters. The van der Waals surface area contributed by atoms with Crippen molar-refractivity contribution in [1.29, 1.82) is 0 Å². The van der Waals surface area contributed by atoms with E-state index >= 15 is 0 Å². The van der Waals surface area contributed by atoms with Gasteiger partial charge in [-0.2, -0.15) is 13.2 Å². The van der Waals surface area contributed by atoms with E-state index in [4.69, 9.17) is 13.9 Å². The summed E-state index contributed by atoms with van der Waals surface area (Å²) >= 11 is 2.04. The first-order valence-corrected chi connectivity index (χ1v) is 11.2. The predicted octanol–water partition coefficient (Wildman–Crippen LogP) is 6.99. The maximum absolute atomic E-state index is 13.8. The molecule has 1 aromatic heterocycles. The summed E-state index contributed by atoms with van der Waals surface area (Å²) < 4.78 is 58.1. The van der Waals surface area contributed by atoms with Gasteiger partial charge in [-0.1, -0.05) is 25.1 Å². The standard InChI is InChI=1S/C25H16F3IO5/c1-2-14-12-18-20(13-19(14)34-24(31)15-6-4-3-5-7-15)33-23(25(26,27)28)22(21(18)30)32-17-10-8-16(29)9-11-17/h3-13H,2H2,1H3. The van der Waals surface area contributed by atoms with Crippen LogP contribution in [0.4, 0.5) is 13.2 Å². The van der Waals surface area contributed by atoms with Gasteiger partial charge in [0.25, 0.3) is 5.76 Å². The highest BCUT2D eigenvalue weighted by Gasteiger charge is 2.40. The van der Waals surface area contributed by atoms with Crippen molar-refractivity contribution in [3.63, 3.8) is 0 Å². The molecule has 174 valence electrons. The van der Waals surface area contributed by atoms with Crippen LogP contribution in [0.15, 0.2) is 75.9 Å². The van der Waals surface area contributed by atoms with Gasteiger partial charge >= 0.3 is 12.1 Å². The summed E-state index contributed by atoms with van der Waals surface area (Å²) in [5, 5.41) is -0.120. The van der Waals surface area contributed by atoms with Gasteiger partial charge in [0.1, 0.15) is 17.1 Å². The van der Waals surface area contributed by atoms with E-state index in [9.17, 15) is 22.8 Å². The second-order valence-electron chi connectivity index (χ2n) is 7.21. The lowest BCUT2D eigenvalue weighted by Crippen LogP contribution is -2.16. The summed E-state index contributed by atoms with van der Waals surface area (Å²) in [5.74, 6) is -3.16. The molecule has 0 radical (unpaired) electrons. The Morgan fingerprint density at radius 1 is 1.03 bits per heavy atom. The third-order valence-electron chi connectivity index (χ3n) is 4.92. The summed E-state index contributed by atoms with van der Waals surface area (Å²) in [4.78, 5) is 25.6. The van der Waals surface area contributed by atoms with E-state index in [1.165, 1.54) is 18.2 Å². The molecule has 1 heterocycles. The van der Waals surface area contributed by atoms with E-state index in [0.29, 0.717) is 12.0 Å². The van der Waals surface area contributed by atoms with Gasteiger partial charge < -0.3 is 13.9 Å². The van der Waals surface area contributed by atoms with Gasteiger partial charge in [0, 0.05) is 9.64 Å². The van der Waals surface area contributed by atoms with Crippen molar-refractivity contribution in [3.05, 3.63) is 97.4 Å². The molecule has 3 aromatic carbocycles. The summed E-state index contributed by atoms with van der Waals surface area (Å²) in [6, 6.07) is 16.8. The lowest BCUT2D eigenvalue weighted by atomic mass is 10.1. The number of hydrogen-bond donors (Lipinski definition) is 0. The Balaban J connectivity index is 1.84. The minimum atomic E-state index is -5.00. The molecule has 0 aliphatic heterocycles. The molecule has 0 saturated heterocycles. The number of esters is 1. The molecule has 0 atom stereocenters. The first-order valence-electron chi connectivity index (χ1n) is 10.1. The van der Waals surface area contributed by atoms with Crippen molar-refractivity contribution in [1.82, 2.24) is 0 Å². The number of hydrogen-bond acceptors (Lipinski definition) is 5. The molecule has 4 rings (SSSR count). The van der Waals surface area contributed by atoms with E-state index in [1.54, 1.807) is 49.4 Å². The van der Waals surface area contributed by atoms with Crippen molar-refractivity contribution in [2.24, 2.45) is 0 Å². The quantitative estimate of drug-likeness (QED) is 0.145. The topological polar surface area (TPSA) is 65.7 Å². The monoisotopic (exact) mass is 580 g/mol. The van der Waals surface area contributed by atoms with E-state index in [-0.39, 0.29) is 28.0 Å². The fraction of sp³-hybridized carbons (Fsp3) is 0.120. The molecule has 0 aliphatic carbocycles. The van der Waals surface area contributed by atoms with Crippen molar-refractivity contribution in [2.45, 2.75) is 19.5 Å². The van der Waals surface area contributed by atoms with E-state index in [0.717, 1.165) is 9.64 Å². The number of alkyl halides is 3. The van der Waals surface area contributed by atoms with Gasteiger partial charge in [0.2, 0.25) is 11.2 Å². The van der Waals surface area contributed by atoms with Gasteiger partial charge in [-0.3, -0.25) is 4.79 Å². The predicted molar refractivity (Wildman–Crippen MR) is 127 cm³/mol. The van der Waals surface area contributed by atoms with Crippen LogP contribution in [-0.2, 0) is 12.6 Å². The molecule has 0 saturated carbocycles. The molecule has 0 bridgehead atoms. The third-order valence-corrected chi connectivity index (χ3v) is 5.64. The zero-order valence-electron chi connectivity index (χ0n) is 17.6. The molecule has 0 spiro atoms. The van der Waals surface area contributed by atoms with Gasteiger partial charge in [0.05, 0.1) is 10.9 Å². The van der Waals surface area contributed by atoms with Crippen molar-refractivity contribution in [2.75, 3.05) is 0 Å². The van der Waals surface area contributed by atoms with Crippen LogP contribution < -0.4 is 14.9 Å². The first-order chi connectivity index (χ1) is 16.2. The number of rotatable bonds is 5. The second-order valence-corrected chi connectivity index (χ2v) is 8.45. The Kier molecular flexibility index (Phi) is 6.65. The third kappa shape index (κ3) is 4.93. The Morgan fingerprint density at radius 3 is 2.32 bits per heavy atom. The van der Waals surface area contributed by atoms with Crippen molar-refractivity contribution >= 4 is 39.5 Å². The zero-order chi connectivity index (χ0) is 24.5. The largest absolute Gasteiger partial charge is 0.453 e. The number of aryl methyl sites for hydroxylation is 1. The van der Waals surface area contributed by atoms with Crippen LogP contribution in [0.2, 0.25) is 0 Å². The molecule has 0 amide bonds. The number of carbonyl (C=O) groups is 1. The van der Waals surface area contributed by atoms with E-state index < -0.39 is 29.1 Å². The lowest BCUT2D eigenvalue weighted by Gasteiger charge is -2.15. The van der Waals surface area contributed by atoms with Gasteiger partial charge in [-0.25, -0.2) is 4.79 Å². The fourth-order valence-electron chi connectivity index (χ4n) is 3.25. The Labute approximate surface area is 205 Å². The average Bonchev–Trinajstić information content (AvgIpc) is 2.81. The molecule has 0 fully saturated rings. The molecule has 0 N–H and O–H groups in total. The normalized spacial score (nSPS) is 11.4. The number of benzene rings is 3. The number of carbonyl (C=O) groups excluding carboxylic acids is 1. The minimum absolute atomic E-state index is 0.00595. The number of fused-ring (bicyclic) bond motifs is 1. The van der Waals surface area contributed by atoms with Crippen LogP contribution in [0.5, 0.6) is 17.2 Å². The van der Waals surface area contributed by atoms with Gasteiger partial charge in [-0.15, -0.1) is 0 Å². The molecular formula is C25H16F3IO5. The van der Waals surface area contributed by atoms with Crippen molar-refractivity contribution in [3.8, 4) is 17.2 Å². The summed E-state index contributed by atoms with van der Waals surface area (Å²) in [7, 11) is 0. The highest BCUT2D eigenvalue weighted by Crippen LogP contribution is 2.39. The minimum Gasteiger partial charge on any atom is -0.449 e. The highest BCUT2D eigenvalue weighted by molar-refractivity contribution is 14.1. The molecule has 9 heteroatoms. The molecule has 4 aromatic rings. The lowest BCUT2D eigenvalue weighted by molar-refractivity contribution is -0.154. The first kappa shape index (κ1) is 23.8. The van der Waals surface area contributed by atoms with Crippen LogP contribution in [0, 0.1) is 3.57 Å². The van der Waals surface area contributed by atoms with Crippen LogP contribution in [0.3, 0.4) is 0 Å². The van der Waals surface area contributed by atoms with Crippen LogP contribution in [-0.4, -0.2) is 5.97 Å². The summed E-state index contributed by atoms with van der Waals surface area (Å²) in [5.41, 5.74) is -0.643. The Hall–Kier alpha value is -3.34. The highest BCUT2D eigenvalue weighted by atomic mass is 127. The number of ether oxygens (including phenoxy) is 2. The van der Waals surface area contributed by atoms with Crippen LogP contribution >= 0.6 is 22.6 Å². The maximum atomic E-state index is 13.8. The SMILES string of the molecule is CCc1cc2c(=O)c(Oc3ccc(I)cc3)c(C(F)(F)F)oc2cc1OC(=O)c1ccccc1. The second kappa shape index (κ2) is 9.49. The molecule has 34 heavy (non-hydrogen) atoms. The molecular weight excluding hydrogens is 564 g/mol. The summed E-state index contributed by atoms with van der Waals surface area (Å²) in [6.07, 6.45) is -4.66. The Morgan fingerprint density at radius 2 is 1.71 bits per heavy atom. The maximum Gasteiger partial charge on any atom is 0.453 e. The fourth-order valence-corrected chi connectivity index (χ4v) is 3.61. The Bertz CT molecular complexity index is 1410. The smallest absolute Gasteiger partial charge is 0.449 e. The summed E-state index contributed by atoms with van der Waals surface area (Å²) in [6.45, 7) is 1.76. The van der Waals surface area contributed by atoms with Crippen LogP contribution in [0.25, 0.3) is 11.0 Å². The van der Waals surface area contributed by atoms with Gasteiger partial charge in [0.15, 0.2) is 0 Å². The molecule has 0 aliphatic rings. The van der Waals surface area contributed by atoms with Crippen molar-refractivity contribution < 1.29 is 31.9 Å². The zero-order valence-corrected chi connectivity index (χ0v) is 19.8.